The minimum absolute atomic E-state index is 0.0137. The van der Waals surface area contributed by atoms with E-state index in [1.807, 2.05) is 38.1 Å². The number of anilines is 1. The zero-order chi connectivity index (χ0) is 13.6. The summed E-state index contributed by atoms with van der Waals surface area (Å²) in [6, 6.07) is 7.28. The minimum Gasteiger partial charge on any atom is -0.497 e. The highest BCUT2D eigenvalue weighted by Crippen LogP contribution is 2.27. The highest BCUT2D eigenvalue weighted by atomic mass is 16.5. The molecule has 0 unspecified atom stereocenters. The summed E-state index contributed by atoms with van der Waals surface area (Å²) < 4.78 is 5.07. The molecular formula is C14H22N2O2. The molecular weight excluding hydrogens is 228 g/mol. The van der Waals surface area contributed by atoms with Gasteiger partial charge in [-0.15, -0.1) is 0 Å². The van der Waals surface area contributed by atoms with Crippen molar-refractivity contribution in [1.29, 1.82) is 0 Å². The average molecular weight is 250 g/mol. The van der Waals surface area contributed by atoms with Crippen molar-refractivity contribution in [2.45, 2.75) is 26.7 Å². The van der Waals surface area contributed by atoms with E-state index < -0.39 is 5.41 Å². The first kappa shape index (κ1) is 14.5. The van der Waals surface area contributed by atoms with Gasteiger partial charge in [0.1, 0.15) is 5.75 Å². The average Bonchev–Trinajstić information content (AvgIpc) is 2.42. The van der Waals surface area contributed by atoms with Crippen LogP contribution in [0, 0.1) is 5.41 Å². The first-order chi connectivity index (χ1) is 8.61. The van der Waals surface area contributed by atoms with Crippen molar-refractivity contribution < 1.29 is 9.53 Å². The molecule has 0 fully saturated rings. The smallest absolute Gasteiger partial charge is 0.231 e. The van der Waals surface area contributed by atoms with Crippen molar-refractivity contribution in [3.05, 3.63) is 24.3 Å². The molecule has 0 aromatic heterocycles. The standard InChI is InChI=1S/C14H22N2O2/c1-4-14(5-2,10-15)13(17)16-11-6-8-12(18-3)9-7-11/h6-9H,4-5,10,15H2,1-3H3,(H,16,17). The Kier molecular flexibility index (Phi) is 5.16. The number of hydrogen-bond donors (Lipinski definition) is 2. The largest absolute Gasteiger partial charge is 0.497 e. The van der Waals surface area contributed by atoms with Crippen LogP contribution in [0.4, 0.5) is 5.69 Å². The lowest BCUT2D eigenvalue weighted by atomic mass is 9.81. The molecule has 1 aromatic rings. The Hall–Kier alpha value is -1.55. The van der Waals surface area contributed by atoms with Crippen molar-refractivity contribution in [2.24, 2.45) is 11.1 Å². The molecule has 0 saturated carbocycles. The molecule has 0 atom stereocenters. The van der Waals surface area contributed by atoms with Crippen LogP contribution in [-0.4, -0.2) is 19.6 Å². The van der Waals surface area contributed by atoms with Gasteiger partial charge in [-0.2, -0.15) is 0 Å². The molecule has 0 aliphatic heterocycles. The molecule has 0 aliphatic rings. The van der Waals surface area contributed by atoms with Gasteiger partial charge in [-0.05, 0) is 37.1 Å². The molecule has 0 heterocycles. The highest BCUT2D eigenvalue weighted by molar-refractivity contribution is 5.95. The maximum Gasteiger partial charge on any atom is 0.231 e. The Balaban J connectivity index is 2.79. The molecule has 0 saturated heterocycles. The fraction of sp³-hybridized carbons (Fsp3) is 0.500. The Morgan fingerprint density at radius 1 is 1.28 bits per heavy atom. The summed E-state index contributed by atoms with van der Waals surface area (Å²) in [6.07, 6.45) is 1.48. The molecule has 0 radical (unpaired) electrons. The normalized spacial score (nSPS) is 11.1. The van der Waals surface area contributed by atoms with Gasteiger partial charge in [0.15, 0.2) is 0 Å². The van der Waals surface area contributed by atoms with E-state index in [2.05, 4.69) is 5.32 Å². The molecule has 0 bridgehead atoms. The van der Waals surface area contributed by atoms with Crippen molar-refractivity contribution >= 4 is 11.6 Å². The Labute approximate surface area is 109 Å². The van der Waals surface area contributed by atoms with Crippen LogP contribution < -0.4 is 15.8 Å². The number of hydrogen-bond acceptors (Lipinski definition) is 3. The molecule has 4 heteroatoms. The van der Waals surface area contributed by atoms with Crippen LogP contribution in [0.3, 0.4) is 0 Å². The first-order valence-electron chi connectivity index (χ1n) is 6.27. The predicted molar refractivity (Wildman–Crippen MR) is 73.7 cm³/mol. The third-order valence-electron chi connectivity index (χ3n) is 3.57. The predicted octanol–water partition coefficient (Wildman–Crippen LogP) is 2.40. The number of nitrogens with one attached hydrogen (secondary N) is 1. The van der Waals surface area contributed by atoms with Gasteiger partial charge in [0, 0.05) is 12.2 Å². The summed E-state index contributed by atoms with van der Waals surface area (Å²) in [5, 5.41) is 2.91. The van der Waals surface area contributed by atoms with Crippen LogP contribution in [-0.2, 0) is 4.79 Å². The molecule has 0 spiro atoms. The quantitative estimate of drug-likeness (QED) is 0.814. The maximum absolute atomic E-state index is 12.3. The lowest BCUT2D eigenvalue weighted by molar-refractivity contribution is -0.125. The zero-order valence-electron chi connectivity index (χ0n) is 11.3. The first-order valence-corrected chi connectivity index (χ1v) is 6.27. The van der Waals surface area contributed by atoms with E-state index in [1.165, 1.54) is 0 Å². The third kappa shape index (κ3) is 3.01. The summed E-state index contributed by atoms with van der Waals surface area (Å²) >= 11 is 0. The lowest BCUT2D eigenvalue weighted by Gasteiger charge is -2.28. The summed E-state index contributed by atoms with van der Waals surface area (Å²) in [4.78, 5) is 12.3. The van der Waals surface area contributed by atoms with Gasteiger partial charge in [-0.3, -0.25) is 4.79 Å². The Morgan fingerprint density at radius 2 is 1.83 bits per heavy atom. The number of carbonyl (C=O) groups is 1. The summed E-state index contributed by atoms with van der Waals surface area (Å²) in [5.74, 6) is 0.754. The second-order valence-electron chi connectivity index (χ2n) is 4.37. The van der Waals surface area contributed by atoms with E-state index in [4.69, 9.17) is 10.5 Å². The third-order valence-corrected chi connectivity index (χ3v) is 3.57. The monoisotopic (exact) mass is 250 g/mol. The minimum atomic E-state index is -0.472. The topological polar surface area (TPSA) is 64.4 Å². The van der Waals surface area contributed by atoms with Crippen molar-refractivity contribution in [3.63, 3.8) is 0 Å². The van der Waals surface area contributed by atoms with Crippen molar-refractivity contribution in [3.8, 4) is 5.75 Å². The molecule has 100 valence electrons. The summed E-state index contributed by atoms with van der Waals surface area (Å²) in [5.41, 5.74) is 6.04. The van der Waals surface area contributed by atoms with Gasteiger partial charge in [-0.25, -0.2) is 0 Å². The Bertz CT molecular complexity index is 375. The van der Waals surface area contributed by atoms with Gasteiger partial charge in [-0.1, -0.05) is 13.8 Å². The second-order valence-corrected chi connectivity index (χ2v) is 4.37. The zero-order valence-corrected chi connectivity index (χ0v) is 11.3. The van der Waals surface area contributed by atoms with Crippen LogP contribution in [0.1, 0.15) is 26.7 Å². The van der Waals surface area contributed by atoms with Gasteiger partial charge >= 0.3 is 0 Å². The van der Waals surface area contributed by atoms with E-state index in [-0.39, 0.29) is 5.91 Å². The molecule has 1 aromatic carbocycles. The van der Waals surface area contributed by atoms with E-state index in [0.29, 0.717) is 6.54 Å². The molecule has 18 heavy (non-hydrogen) atoms. The summed E-state index contributed by atoms with van der Waals surface area (Å²) in [6.45, 7) is 4.34. The number of carbonyl (C=O) groups excluding carboxylic acids is 1. The van der Waals surface area contributed by atoms with Gasteiger partial charge in [0.25, 0.3) is 0 Å². The van der Waals surface area contributed by atoms with Crippen LogP contribution >= 0.6 is 0 Å². The fourth-order valence-electron chi connectivity index (χ4n) is 1.89. The fourth-order valence-corrected chi connectivity index (χ4v) is 1.89. The molecule has 4 nitrogen and oxygen atoms in total. The van der Waals surface area contributed by atoms with Crippen LogP contribution in [0.15, 0.2) is 24.3 Å². The Morgan fingerprint density at radius 3 is 2.22 bits per heavy atom. The van der Waals surface area contributed by atoms with E-state index in [1.54, 1.807) is 7.11 Å². The number of methoxy groups -OCH3 is 1. The molecule has 3 N–H and O–H groups in total. The van der Waals surface area contributed by atoms with Crippen molar-refractivity contribution in [1.82, 2.24) is 0 Å². The van der Waals surface area contributed by atoms with E-state index in [9.17, 15) is 4.79 Å². The second kappa shape index (κ2) is 6.40. The van der Waals surface area contributed by atoms with E-state index >= 15 is 0 Å². The van der Waals surface area contributed by atoms with Gasteiger partial charge < -0.3 is 15.8 Å². The van der Waals surface area contributed by atoms with Crippen LogP contribution in [0.25, 0.3) is 0 Å². The number of rotatable bonds is 6. The van der Waals surface area contributed by atoms with Crippen LogP contribution in [0.5, 0.6) is 5.75 Å². The summed E-state index contributed by atoms with van der Waals surface area (Å²) in [7, 11) is 1.61. The number of amides is 1. The highest BCUT2D eigenvalue weighted by Gasteiger charge is 2.33. The number of ether oxygens (including phenoxy) is 1. The van der Waals surface area contributed by atoms with Gasteiger partial charge in [0.05, 0.1) is 12.5 Å². The van der Waals surface area contributed by atoms with E-state index in [0.717, 1.165) is 24.3 Å². The molecule has 1 amide bonds. The molecule has 1 rings (SSSR count). The number of benzene rings is 1. The van der Waals surface area contributed by atoms with Crippen molar-refractivity contribution in [2.75, 3.05) is 19.0 Å². The van der Waals surface area contributed by atoms with Gasteiger partial charge in [0.2, 0.25) is 5.91 Å². The maximum atomic E-state index is 12.3. The SMILES string of the molecule is CCC(CC)(CN)C(=O)Nc1ccc(OC)cc1. The number of nitrogens with two attached hydrogens (primary N) is 1. The lowest BCUT2D eigenvalue weighted by Crippen LogP contribution is -2.41. The van der Waals surface area contributed by atoms with Crippen LogP contribution in [0.2, 0.25) is 0 Å². The molecule has 0 aliphatic carbocycles.